The van der Waals surface area contributed by atoms with Gasteiger partial charge in [-0.25, -0.2) is 0 Å². The second kappa shape index (κ2) is 10.7. The molecule has 0 aliphatic heterocycles. The lowest BCUT2D eigenvalue weighted by Gasteiger charge is -2.26. The first kappa shape index (κ1) is 18.9. The number of likely N-dealkylation sites (N-methyl/N-ethyl adjacent to an activating group) is 1. The molecule has 0 aliphatic rings. The maximum atomic E-state index is 12.4. The van der Waals surface area contributed by atoms with Gasteiger partial charge in [-0.05, 0) is 32.4 Å². The Kier molecular flexibility index (Phi) is 10.1. The number of carbonyl (C=O) groups is 1. The van der Waals surface area contributed by atoms with Crippen molar-refractivity contribution < 1.29 is 4.79 Å². The SMILES string of the molecule is CCCN(CC)CCNC(=O)C(C#N)(CCC)CCC. The summed E-state index contributed by atoms with van der Waals surface area (Å²) < 4.78 is 0. The number of hydrogen-bond acceptors (Lipinski definition) is 3. The molecule has 0 rings (SSSR count). The lowest BCUT2D eigenvalue weighted by atomic mass is 9.80. The predicted octanol–water partition coefficient (Wildman–Crippen LogP) is 2.94. The highest BCUT2D eigenvalue weighted by Crippen LogP contribution is 2.29. The van der Waals surface area contributed by atoms with Crippen molar-refractivity contribution >= 4 is 5.91 Å². The lowest BCUT2D eigenvalue weighted by molar-refractivity contribution is -0.129. The van der Waals surface area contributed by atoms with E-state index in [2.05, 4.69) is 30.1 Å². The van der Waals surface area contributed by atoms with Gasteiger partial charge in [-0.15, -0.1) is 0 Å². The zero-order valence-corrected chi connectivity index (χ0v) is 13.7. The second-order valence-corrected chi connectivity index (χ2v) is 5.38. The van der Waals surface area contributed by atoms with Crippen LogP contribution in [0.3, 0.4) is 0 Å². The Bertz CT molecular complexity index is 303. The molecule has 0 atom stereocenters. The fraction of sp³-hybridized carbons (Fsp3) is 0.875. The number of hydrogen-bond donors (Lipinski definition) is 1. The first-order valence-electron chi connectivity index (χ1n) is 8.02. The summed E-state index contributed by atoms with van der Waals surface area (Å²) in [5.74, 6) is -0.0868. The van der Waals surface area contributed by atoms with Gasteiger partial charge < -0.3 is 10.2 Å². The van der Waals surface area contributed by atoms with E-state index >= 15 is 0 Å². The van der Waals surface area contributed by atoms with Gasteiger partial charge in [-0.2, -0.15) is 5.26 Å². The third-order valence-corrected chi connectivity index (χ3v) is 3.70. The second-order valence-electron chi connectivity index (χ2n) is 5.38. The van der Waals surface area contributed by atoms with Gasteiger partial charge in [0, 0.05) is 13.1 Å². The van der Waals surface area contributed by atoms with Crippen molar-refractivity contribution in [1.82, 2.24) is 10.2 Å². The zero-order chi connectivity index (χ0) is 15.4. The van der Waals surface area contributed by atoms with Crippen LogP contribution in [0.4, 0.5) is 0 Å². The maximum Gasteiger partial charge on any atom is 0.240 e. The average Bonchev–Trinajstić information content (AvgIpc) is 2.45. The molecular formula is C16H31N3O. The Hall–Kier alpha value is -1.08. The first-order valence-corrected chi connectivity index (χ1v) is 8.02. The van der Waals surface area contributed by atoms with E-state index in [1.807, 2.05) is 13.8 Å². The Labute approximate surface area is 124 Å². The molecule has 0 aromatic rings. The minimum absolute atomic E-state index is 0.0868. The van der Waals surface area contributed by atoms with E-state index in [0.29, 0.717) is 19.4 Å². The molecule has 0 saturated carbocycles. The van der Waals surface area contributed by atoms with Crippen LogP contribution in [0.25, 0.3) is 0 Å². The van der Waals surface area contributed by atoms with Gasteiger partial charge in [0.1, 0.15) is 5.41 Å². The fourth-order valence-corrected chi connectivity index (χ4v) is 2.61. The first-order chi connectivity index (χ1) is 9.60. The third kappa shape index (κ3) is 5.92. The van der Waals surface area contributed by atoms with Crippen LogP contribution < -0.4 is 5.32 Å². The molecule has 0 saturated heterocycles. The zero-order valence-electron chi connectivity index (χ0n) is 13.7. The minimum atomic E-state index is -0.828. The van der Waals surface area contributed by atoms with Gasteiger partial charge in [0.15, 0.2) is 0 Å². The largest absolute Gasteiger partial charge is 0.353 e. The highest BCUT2D eigenvalue weighted by Gasteiger charge is 2.36. The fourth-order valence-electron chi connectivity index (χ4n) is 2.61. The van der Waals surface area contributed by atoms with Gasteiger partial charge >= 0.3 is 0 Å². The van der Waals surface area contributed by atoms with Crippen molar-refractivity contribution in [2.75, 3.05) is 26.2 Å². The van der Waals surface area contributed by atoms with E-state index in [0.717, 1.165) is 38.9 Å². The van der Waals surface area contributed by atoms with Gasteiger partial charge in [-0.1, -0.05) is 40.5 Å². The van der Waals surface area contributed by atoms with Crippen LogP contribution in [-0.4, -0.2) is 37.0 Å². The molecule has 0 aromatic heterocycles. The number of rotatable bonds is 11. The number of carbonyl (C=O) groups excluding carboxylic acids is 1. The summed E-state index contributed by atoms with van der Waals surface area (Å²) in [6.45, 7) is 11.9. The summed E-state index contributed by atoms with van der Waals surface area (Å²) in [5.41, 5.74) is -0.828. The Morgan fingerprint density at radius 3 is 2.10 bits per heavy atom. The van der Waals surface area contributed by atoms with Crippen LogP contribution in [0, 0.1) is 16.7 Å². The number of amides is 1. The van der Waals surface area contributed by atoms with Crippen LogP contribution in [0.15, 0.2) is 0 Å². The van der Waals surface area contributed by atoms with Crippen LogP contribution in [0.1, 0.15) is 59.8 Å². The van der Waals surface area contributed by atoms with Crippen molar-refractivity contribution in [3.05, 3.63) is 0 Å². The number of nitrogens with zero attached hydrogens (tertiary/aromatic N) is 2. The molecule has 4 nitrogen and oxygen atoms in total. The van der Waals surface area contributed by atoms with Crippen molar-refractivity contribution in [3.63, 3.8) is 0 Å². The molecule has 0 aliphatic carbocycles. The molecule has 0 aromatic carbocycles. The van der Waals surface area contributed by atoms with E-state index in [9.17, 15) is 10.1 Å². The van der Waals surface area contributed by atoms with E-state index in [1.54, 1.807) is 0 Å². The van der Waals surface area contributed by atoms with Gasteiger partial charge in [0.05, 0.1) is 6.07 Å². The number of nitriles is 1. The molecule has 4 heteroatoms. The van der Waals surface area contributed by atoms with Crippen molar-refractivity contribution in [1.29, 1.82) is 5.26 Å². The van der Waals surface area contributed by atoms with E-state index in [1.165, 1.54) is 0 Å². The summed E-state index contributed by atoms with van der Waals surface area (Å²) in [5, 5.41) is 12.4. The summed E-state index contributed by atoms with van der Waals surface area (Å²) in [4.78, 5) is 14.7. The van der Waals surface area contributed by atoms with Crippen molar-refractivity contribution in [2.45, 2.75) is 59.8 Å². The van der Waals surface area contributed by atoms with Crippen molar-refractivity contribution in [2.24, 2.45) is 5.41 Å². The van der Waals surface area contributed by atoms with Crippen LogP contribution in [0.5, 0.6) is 0 Å². The molecule has 0 unspecified atom stereocenters. The summed E-state index contributed by atoms with van der Waals surface area (Å²) in [6.07, 6.45) is 4.14. The van der Waals surface area contributed by atoms with Crippen LogP contribution >= 0.6 is 0 Å². The van der Waals surface area contributed by atoms with E-state index in [-0.39, 0.29) is 5.91 Å². The molecule has 1 N–H and O–H groups in total. The molecular weight excluding hydrogens is 250 g/mol. The summed E-state index contributed by atoms with van der Waals surface area (Å²) in [7, 11) is 0. The predicted molar refractivity (Wildman–Crippen MR) is 83.3 cm³/mol. The Balaban J connectivity index is 4.43. The molecule has 0 bridgehead atoms. The van der Waals surface area contributed by atoms with Gasteiger partial charge in [-0.3, -0.25) is 4.79 Å². The molecule has 0 spiro atoms. The third-order valence-electron chi connectivity index (χ3n) is 3.70. The quantitative estimate of drug-likeness (QED) is 0.633. The van der Waals surface area contributed by atoms with E-state index in [4.69, 9.17) is 0 Å². The molecule has 1 amide bonds. The number of nitrogens with one attached hydrogen (secondary N) is 1. The highest BCUT2D eigenvalue weighted by atomic mass is 16.2. The molecule has 0 fully saturated rings. The molecule has 116 valence electrons. The van der Waals surface area contributed by atoms with Crippen LogP contribution in [-0.2, 0) is 4.79 Å². The lowest BCUT2D eigenvalue weighted by Crippen LogP contribution is -2.43. The standard InChI is InChI=1S/C16H31N3O/c1-5-9-16(14-17,10-6-2)15(20)18-11-13-19(8-4)12-7-3/h5-13H2,1-4H3,(H,18,20). The Morgan fingerprint density at radius 2 is 1.70 bits per heavy atom. The van der Waals surface area contributed by atoms with Gasteiger partial charge in [0.25, 0.3) is 0 Å². The Morgan fingerprint density at radius 1 is 1.10 bits per heavy atom. The topological polar surface area (TPSA) is 56.1 Å². The maximum absolute atomic E-state index is 12.4. The molecule has 0 radical (unpaired) electrons. The van der Waals surface area contributed by atoms with E-state index < -0.39 is 5.41 Å². The molecule has 20 heavy (non-hydrogen) atoms. The van der Waals surface area contributed by atoms with Crippen molar-refractivity contribution in [3.8, 4) is 6.07 Å². The smallest absolute Gasteiger partial charge is 0.240 e. The molecule has 0 heterocycles. The monoisotopic (exact) mass is 281 g/mol. The highest BCUT2D eigenvalue weighted by molar-refractivity contribution is 5.85. The van der Waals surface area contributed by atoms with Crippen LogP contribution in [0.2, 0.25) is 0 Å². The average molecular weight is 281 g/mol. The minimum Gasteiger partial charge on any atom is -0.353 e. The van der Waals surface area contributed by atoms with Gasteiger partial charge in [0.2, 0.25) is 5.91 Å². The normalized spacial score (nSPS) is 11.4. The summed E-state index contributed by atoms with van der Waals surface area (Å²) >= 11 is 0. The summed E-state index contributed by atoms with van der Waals surface area (Å²) in [6, 6.07) is 2.27.